The third kappa shape index (κ3) is 6.17. The molecule has 0 fully saturated rings. The van der Waals surface area contributed by atoms with Gasteiger partial charge in [0.1, 0.15) is 25.3 Å². The first-order chi connectivity index (χ1) is 15.8. The molecule has 34 heavy (non-hydrogen) atoms. The second-order valence-electron chi connectivity index (χ2n) is 7.05. The normalized spacial score (nSPS) is 20.0. The van der Waals surface area contributed by atoms with E-state index in [9.17, 15) is 26.3 Å². The van der Waals surface area contributed by atoms with Crippen LogP contribution in [0.3, 0.4) is 0 Å². The predicted octanol–water partition coefficient (Wildman–Crippen LogP) is 5.49. The summed E-state index contributed by atoms with van der Waals surface area (Å²) in [6.07, 6.45) is -8.96. The zero-order valence-corrected chi connectivity index (χ0v) is 18.4. The van der Waals surface area contributed by atoms with Crippen LogP contribution in [0.2, 0.25) is 10.0 Å². The van der Waals surface area contributed by atoms with Crippen molar-refractivity contribution in [3.8, 4) is 0 Å². The Morgan fingerprint density at radius 3 is 1.32 bits per heavy atom. The van der Waals surface area contributed by atoms with Crippen molar-refractivity contribution in [3.05, 3.63) is 68.7 Å². The van der Waals surface area contributed by atoms with E-state index in [0.29, 0.717) is 0 Å². The highest BCUT2D eigenvalue weighted by Gasteiger charge is 2.37. The summed E-state index contributed by atoms with van der Waals surface area (Å²) < 4.78 is 86.5. The summed E-state index contributed by atoms with van der Waals surface area (Å²) in [5.74, 6) is 0. The molecule has 2 aliphatic heterocycles. The molecule has 2 heterocycles. The Kier molecular flexibility index (Phi) is 7.41. The minimum atomic E-state index is -4.48. The molecule has 0 spiro atoms. The van der Waals surface area contributed by atoms with Crippen LogP contribution >= 0.6 is 23.2 Å². The minimum Gasteiger partial charge on any atom is -0.463 e. The van der Waals surface area contributed by atoms with E-state index in [-0.39, 0.29) is 46.4 Å². The van der Waals surface area contributed by atoms with Gasteiger partial charge in [-0.1, -0.05) is 35.3 Å². The fourth-order valence-corrected chi connectivity index (χ4v) is 3.58. The van der Waals surface area contributed by atoms with Crippen LogP contribution in [0.4, 0.5) is 26.3 Å². The number of alkyl halides is 6. The molecule has 0 bridgehead atoms. The molecule has 184 valence electrons. The van der Waals surface area contributed by atoms with Crippen LogP contribution in [0.25, 0.3) is 0 Å². The highest BCUT2D eigenvalue weighted by atomic mass is 35.5. The van der Waals surface area contributed by atoms with E-state index in [2.05, 4.69) is 9.98 Å². The third-order valence-corrected chi connectivity index (χ3v) is 5.17. The van der Waals surface area contributed by atoms with Gasteiger partial charge in [0.05, 0.1) is 11.1 Å². The monoisotopic (exact) mass is 528 g/mol. The smallest absolute Gasteiger partial charge is 0.416 e. The predicted molar refractivity (Wildman–Crippen MR) is 114 cm³/mol. The zero-order valence-electron chi connectivity index (χ0n) is 16.9. The fourth-order valence-electron chi connectivity index (χ4n) is 3.23. The number of rotatable bonds is 2. The maximum Gasteiger partial charge on any atom is 0.416 e. The van der Waals surface area contributed by atoms with Gasteiger partial charge in [-0.3, -0.25) is 0 Å². The standard InChI is InChI=1S/2C10H8ClF3N2O/c2*11-5-1-2-6(7(3-5)10(12,13)14)8-4-17-9(15)16-8/h2*1-3,8H,4H2,(H2,15,16)/t8-;/m0./s1. The highest BCUT2D eigenvalue weighted by molar-refractivity contribution is 6.31. The van der Waals surface area contributed by atoms with Gasteiger partial charge in [-0.2, -0.15) is 26.3 Å². The molecule has 4 N–H and O–H groups in total. The molecule has 0 saturated carbocycles. The number of hydrogen-bond acceptors (Lipinski definition) is 6. The summed E-state index contributed by atoms with van der Waals surface area (Å²) in [7, 11) is 0. The Balaban J connectivity index is 0.000000191. The minimum absolute atomic E-state index is 0.0105. The molecule has 0 aromatic heterocycles. The molecule has 2 aliphatic rings. The molecule has 0 radical (unpaired) electrons. The summed E-state index contributed by atoms with van der Waals surface area (Å²) in [6, 6.07) is 5.44. The number of nitrogens with zero attached hydrogens (tertiary/aromatic N) is 2. The van der Waals surface area contributed by atoms with Crippen LogP contribution in [0.5, 0.6) is 0 Å². The van der Waals surface area contributed by atoms with Gasteiger partial charge in [0.2, 0.25) is 0 Å². The molecule has 6 nitrogen and oxygen atoms in total. The Morgan fingerprint density at radius 1 is 0.706 bits per heavy atom. The summed E-state index contributed by atoms with van der Waals surface area (Å²) in [6.45, 7) is 0.0209. The van der Waals surface area contributed by atoms with E-state index in [1.54, 1.807) is 0 Å². The van der Waals surface area contributed by atoms with E-state index in [4.69, 9.17) is 44.1 Å². The molecule has 0 saturated heterocycles. The van der Waals surface area contributed by atoms with Gasteiger partial charge in [-0.15, -0.1) is 0 Å². The largest absolute Gasteiger partial charge is 0.463 e. The summed E-state index contributed by atoms with van der Waals surface area (Å²) >= 11 is 11.1. The molecule has 2 aromatic carbocycles. The van der Waals surface area contributed by atoms with E-state index in [1.807, 2.05) is 0 Å². The average molecular weight is 529 g/mol. The van der Waals surface area contributed by atoms with Gasteiger partial charge < -0.3 is 20.9 Å². The Labute approximate surface area is 199 Å². The SMILES string of the molecule is NC1=NC(c2ccc(Cl)cc2C(F)(F)F)CO1.NC1=N[C@H](c2ccc(Cl)cc2C(F)(F)F)CO1. The molecule has 2 atom stereocenters. The second-order valence-corrected chi connectivity index (χ2v) is 7.92. The van der Waals surface area contributed by atoms with Crippen molar-refractivity contribution in [3.63, 3.8) is 0 Å². The lowest BCUT2D eigenvalue weighted by molar-refractivity contribution is -0.139. The number of benzene rings is 2. The molecule has 0 amide bonds. The van der Waals surface area contributed by atoms with Crippen molar-refractivity contribution < 1.29 is 35.8 Å². The molecular weight excluding hydrogens is 513 g/mol. The number of amidine groups is 2. The first-order valence-corrected chi connectivity index (χ1v) is 10.2. The van der Waals surface area contributed by atoms with Crippen LogP contribution in [0.1, 0.15) is 34.3 Å². The van der Waals surface area contributed by atoms with Gasteiger partial charge in [-0.25, -0.2) is 9.98 Å². The van der Waals surface area contributed by atoms with Crippen LogP contribution in [-0.4, -0.2) is 25.3 Å². The fraction of sp³-hybridized carbons (Fsp3) is 0.300. The van der Waals surface area contributed by atoms with Crippen LogP contribution < -0.4 is 11.5 Å². The molecule has 2 aromatic rings. The lowest BCUT2D eigenvalue weighted by Crippen LogP contribution is -2.12. The van der Waals surface area contributed by atoms with Gasteiger partial charge in [0, 0.05) is 10.0 Å². The number of halogens is 8. The molecule has 4 rings (SSSR count). The van der Waals surface area contributed by atoms with Gasteiger partial charge in [0.15, 0.2) is 0 Å². The van der Waals surface area contributed by atoms with Crippen molar-refractivity contribution >= 4 is 35.2 Å². The van der Waals surface area contributed by atoms with Gasteiger partial charge in [-0.05, 0) is 35.4 Å². The lowest BCUT2D eigenvalue weighted by atomic mass is 10.0. The number of nitrogens with two attached hydrogens (primary N) is 2. The Hall–Kier alpha value is -2.86. The van der Waals surface area contributed by atoms with Crippen molar-refractivity contribution in [1.29, 1.82) is 0 Å². The van der Waals surface area contributed by atoms with Crippen molar-refractivity contribution in [2.45, 2.75) is 24.4 Å². The maximum atomic E-state index is 12.8. The summed E-state index contributed by atoms with van der Waals surface area (Å²) in [5.41, 5.74) is 8.96. The van der Waals surface area contributed by atoms with E-state index < -0.39 is 35.6 Å². The van der Waals surface area contributed by atoms with Gasteiger partial charge in [0.25, 0.3) is 12.0 Å². The first-order valence-electron chi connectivity index (χ1n) is 9.41. The third-order valence-electron chi connectivity index (χ3n) is 4.70. The molecule has 14 heteroatoms. The highest BCUT2D eigenvalue weighted by Crippen LogP contribution is 2.39. The van der Waals surface area contributed by atoms with Crippen molar-refractivity contribution in [2.75, 3.05) is 13.2 Å². The average Bonchev–Trinajstić information content (AvgIpc) is 3.35. The van der Waals surface area contributed by atoms with Crippen LogP contribution in [-0.2, 0) is 21.8 Å². The second kappa shape index (κ2) is 9.79. The van der Waals surface area contributed by atoms with Crippen molar-refractivity contribution in [1.82, 2.24) is 0 Å². The van der Waals surface area contributed by atoms with E-state index >= 15 is 0 Å². The maximum absolute atomic E-state index is 12.8. The number of aliphatic imine (C=N–C) groups is 2. The molecule has 0 aliphatic carbocycles. The first kappa shape index (κ1) is 25.8. The molecule has 1 unspecified atom stereocenters. The topological polar surface area (TPSA) is 95.2 Å². The van der Waals surface area contributed by atoms with Gasteiger partial charge >= 0.3 is 12.4 Å². The van der Waals surface area contributed by atoms with E-state index in [1.165, 1.54) is 24.3 Å². The Morgan fingerprint density at radius 2 is 1.06 bits per heavy atom. The van der Waals surface area contributed by atoms with Crippen LogP contribution in [0.15, 0.2) is 46.4 Å². The number of ether oxygens (including phenoxy) is 2. The van der Waals surface area contributed by atoms with Crippen LogP contribution in [0, 0.1) is 0 Å². The van der Waals surface area contributed by atoms with E-state index in [0.717, 1.165) is 12.1 Å². The quantitative estimate of drug-likeness (QED) is 0.504. The summed E-state index contributed by atoms with van der Waals surface area (Å²) in [4.78, 5) is 7.58. The Bertz CT molecular complexity index is 1030. The summed E-state index contributed by atoms with van der Waals surface area (Å²) in [5, 5.41) is 0.0499. The molecular formula is C20H16Cl2F6N4O2. The zero-order chi connectivity index (χ0) is 25.3. The number of hydrogen-bond donors (Lipinski definition) is 2. The van der Waals surface area contributed by atoms with Crippen molar-refractivity contribution in [2.24, 2.45) is 21.5 Å². The lowest BCUT2D eigenvalue weighted by Gasteiger charge is -2.15.